The first-order valence-electron chi connectivity index (χ1n) is 13.1. The highest BCUT2D eigenvalue weighted by molar-refractivity contribution is 5.24. The van der Waals surface area contributed by atoms with Crippen molar-refractivity contribution in [2.24, 2.45) is 0 Å². The van der Waals surface area contributed by atoms with Crippen LogP contribution in [0.2, 0.25) is 0 Å². The molecule has 0 unspecified atom stereocenters. The molecule has 1 aliphatic carbocycles. The SMILES string of the molecule is C1=C[C@@](COCc2ccccc2)(OCc2ccccc2)[C@@H](OCc2ccccc2)[C@@H]1OCc1ccccc1. The fourth-order valence-electron chi connectivity index (χ4n) is 4.63. The smallest absolute Gasteiger partial charge is 0.139 e. The van der Waals surface area contributed by atoms with Crippen LogP contribution in [0.5, 0.6) is 0 Å². The summed E-state index contributed by atoms with van der Waals surface area (Å²) in [4.78, 5) is 0. The first kappa shape index (κ1) is 26.1. The molecule has 0 heterocycles. The number of ether oxygens (including phenoxy) is 4. The van der Waals surface area contributed by atoms with E-state index in [1.54, 1.807) is 0 Å². The molecule has 0 fully saturated rings. The van der Waals surface area contributed by atoms with Gasteiger partial charge in [-0.15, -0.1) is 0 Å². The van der Waals surface area contributed by atoms with Gasteiger partial charge in [-0.05, 0) is 28.3 Å². The van der Waals surface area contributed by atoms with Gasteiger partial charge in [0.25, 0.3) is 0 Å². The zero-order valence-electron chi connectivity index (χ0n) is 21.5. The molecule has 4 aromatic rings. The maximum Gasteiger partial charge on any atom is 0.139 e. The molecule has 1 aliphatic rings. The molecule has 5 rings (SSSR count). The molecule has 0 bridgehead atoms. The van der Waals surface area contributed by atoms with E-state index in [4.69, 9.17) is 18.9 Å². The standard InChI is InChI=1S/C34H34O4/c1-5-13-28(14-6-1)23-35-27-34(38-26-31-19-11-4-12-20-31)22-21-32(36-24-29-15-7-2-8-16-29)33(34)37-25-30-17-9-3-10-18-30/h1-22,32-33H,23-27H2/t32-,33+,34+/m1/s1. The van der Waals surface area contributed by atoms with Gasteiger partial charge >= 0.3 is 0 Å². The zero-order chi connectivity index (χ0) is 25.9. The Hall–Kier alpha value is -3.54. The van der Waals surface area contributed by atoms with Gasteiger partial charge in [-0.25, -0.2) is 0 Å². The Morgan fingerprint density at radius 2 is 0.947 bits per heavy atom. The third-order valence-electron chi connectivity index (χ3n) is 6.70. The molecule has 0 saturated carbocycles. The second-order valence-corrected chi connectivity index (χ2v) is 9.55. The third kappa shape index (κ3) is 7.06. The van der Waals surface area contributed by atoms with Gasteiger partial charge in [0.1, 0.15) is 17.8 Å². The molecule has 3 atom stereocenters. The molecule has 38 heavy (non-hydrogen) atoms. The Morgan fingerprint density at radius 3 is 1.47 bits per heavy atom. The lowest BCUT2D eigenvalue weighted by atomic mass is 9.99. The van der Waals surface area contributed by atoms with Crippen molar-refractivity contribution in [1.82, 2.24) is 0 Å². The van der Waals surface area contributed by atoms with Crippen LogP contribution in [-0.4, -0.2) is 24.4 Å². The monoisotopic (exact) mass is 506 g/mol. The van der Waals surface area contributed by atoms with E-state index < -0.39 is 5.60 Å². The molecule has 0 spiro atoms. The van der Waals surface area contributed by atoms with Gasteiger partial charge in [0.05, 0.1) is 33.0 Å². The quantitative estimate of drug-likeness (QED) is 0.185. The summed E-state index contributed by atoms with van der Waals surface area (Å²) in [5, 5.41) is 0. The van der Waals surface area contributed by atoms with Crippen LogP contribution in [0.15, 0.2) is 133 Å². The molecule has 0 aromatic heterocycles. The Morgan fingerprint density at radius 1 is 0.500 bits per heavy atom. The summed E-state index contributed by atoms with van der Waals surface area (Å²) in [6.45, 7) is 2.21. The average molecular weight is 507 g/mol. The highest BCUT2D eigenvalue weighted by Gasteiger charge is 2.48. The minimum Gasteiger partial charge on any atom is -0.373 e. The molecule has 0 radical (unpaired) electrons. The van der Waals surface area contributed by atoms with Crippen LogP contribution in [0.3, 0.4) is 0 Å². The molecule has 0 N–H and O–H groups in total. The van der Waals surface area contributed by atoms with Crippen LogP contribution in [0.1, 0.15) is 22.3 Å². The molecule has 4 nitrogen and oxygen atoms in total. The zero-order valence-corrected chi connectivity index (χ0v) is 21.5. The van der Waals surface area contributed by atoms with Crippen LogP contribution in [0.25, 0.3) is 0 Å². The van der Waals surface area contributed by atoms with E-state index >= 15 is 0 Å². The highest BCUT2D eigenvalue weighted by atomic mass is 16.6. The van der Waals surface area contributed by atoms with E-state index in [0.29, 0.717) is 33.0 Å². The van der Waals surface area contributed by atoms with E-state index in [-0.39, 0.29) is 12.2 Å². The van der Waals surface area contributed by atoms with Crippen molar-refractivity contribution >= 4 is 0 Å². The molecule has 0 aliphatic heterocycles. The van der Waals surface area contributed by atoms with Gasteiger partial charge in [0.15, 0.2) is 0 Å². The number of rotatable bonds is 13. The fraction of sp³-hybridized carbons (Fsp3) is 0.235. The van der Waals surface area contributed by atoms with Gasteiger partial charge in [-0.2, -0.15) is 0 Å². The minimum atomic E-state index is -0.805. The van der Waals surface area contributed by atoms with Crippen molar-refractivity contribution in [1.29, 1.82) is 0 Å². The van der Waals surface area contributed by atoms with Crippen LogP contribution in [0.4, 0.5) is 0 Å². The number of hydrogen-bond acceptors (Lipinski definition) is 4. The van der Waals surface area contributed by atoms with E-state index in [1.165, 1.54) is 0 Å². The normalized spacial score (nSPS) is 20.5. The van der Waals surface area contributed by atoms with Crippen molar-refractivity contribution < 1.29 is 18.9 Å². The van der Waals surface area contributed by atoms with Crippen LogP contribution in [0, 0.1) is 0 Å². The largest absolute Gasteiger partial charge is 0.373 e. The Balaban J connectivity index is 1.36. The van der Waals surface area contributed by atoms with Crippen LogP contribution < -0.4 is 0 Å². The van der Waals surface area contributed by atoms with Gasteiger partial charge in [-0.3, -0.25) is 0 Å². The van der Waals surface area contributed by atoms with Gasteiger partial charge in [-0.1, -0.05) is 127 Å². The molecule has 4 heteroatoms. The van der Waals surface area contributed by atoms with Crippen molar-refractivity contribution in [3.8, 4) is 0 Å². The number of hydrogen-bond donors (Lipinski definition) is 0. The van der Waals surface area contributed by atoms with Gasteiger partial charge in [0, 0.05) is 0 Å². The predicted molar refractivity (Wildman–Crippen MR) is 149 cm³/mol. The van der Waals surface area contributed by atoms with Gasteiger partial charge in [0.2, 0.25) is 0 Å². The van der Waals surface area contributed by atoms with E-state index in [0.717, 1.165) is 22.3 Å². The Labute approximate surface area is 225 Å². The maximum atomic E-state index is 6.68. The van der Waals surface area contributed by atoms with E-state index in [2.05, 4.69) is 60.7 Å². The molecular formula is C34H34O4. The van der Waals surface area contributed by atoms with Gasteiger partial charge < -0.3 is 18.9 Å². The van der Waals surface area contributed by atoms with E-state index in [1.807, 2.05) is 72.8 Å². The lowest BCUT2D eigenvalue weighted by Gasteiger charge is -2.37. The number of benzene rings is 4. The summed E-state index contributed by atoms with van der Waals surface area (Å²) >= 11 is 0. The molecular weight excluding hydrogens is 472 g/mol. The van der Waals surface area contributed by atoms with Crippen molar-refractivity contribution in [2.45, 2.75) is 44.2 Å². The fourth-order valence-corrected chi connectivity index (χ4v) is 4.63. The topological polar surface area (TPSA) is 36.9 Å². The summed E-state index contributed by atoms with van der Waals surface area (Å²) in [5.74, 6) is 0. The van der Waals surface area contributed by atoms with Crippen molar-refractivity contribution in [3.05, 3.63) is 156 Å². The summed E-state index contributed by atoms with van der Waals surface area (Å²) in [6, 6.07) is 40.8. The summed E-state index contributed by atoms with van der Waals surface area (Å²) < 4.78 is 26.0. The second kappa shape index (κ2) is 13.3. The first-order valence-corrected chi connectivity index (χ1v) is 13.1. The Kier molecular flexibility index (Phi) is 9.14. The van der Waals surface area contributed by atoms with E-state index in [9.17, 15) is 0 Å². The summed E-state index contributed by atoms with van der Waals surface area (Å²) in [7, 11) is 0. The molecule has 194 valence electrons. The average Bonchev–Trinajstić information content (AvgIpc) is 3.33. The summed E-state index contributed by atoms with van der Waals surface area (Å²) in [6.07, 6.45) is 3.47. The molecule has 0 saturated heterocycles. The lowest BCUT2D eigenvalue weighted by molar-refractivity contribution is -0.184. The van der Waals surface area contributed by atoms with Crippen molar-refractivity contribution in [2.75, 3.05) is 6.61 Å². The van der Waals surface area contributed by atoms with Crippen LogP contribution in [-0.2, 0) is 45.4 Å². The molecule has 0 amide bonds. The Bertz CT molecular complexity index is 1240. The highest BCUT2D eigenvalue weighted by Crippen LogP contribution is 2.35. The van der Waals surface area contributed by atoms with Crippen molar-refractivity contribution in [3.63, 3.8) is 0 Å². The maximum absolute atomic E-state index is 6.68. The summed E-state index contributed by atoms with van der Waals surface area (Å²) in [5.41, 5.74) is 3.63. The lowest BCUT2D eigenvalue weighted by Crippen LogP contribution is -2.50. The van der Waals surface area contributed by atoms with Crippen LogP contribution >= 0.6 is 0 Å². The predicted octanol–water partition coefficient (Wildman–Crippen LogP) is 6.90. The first-order chi connectivity index (χ1) is 18.8. The molecule has 4 aromatic carbocycles. The minimum absolute atomic E-state index is 0.282. The third-order valence-corrected chi connectivity index (χ3v) is 6.70. The second-order valence-electron chi connectivity index (χ2n) is 9.55.